The number of halogens is 2. The fraction of sp³-hybridized carbons (Fsp3) is 0.500. The van der Waals surface area contributed by atoms with Crippen molar-refractivity contribution in [2.75, 3.05) is 45.9 Å². The van der Waals surface area contributed by atoms with Crippen molar-refractivity contribution in [2.45, 2.75) is 13.0 Å². The number of morpholine rings is 1. The van der Waals surface area contributed by atoms with Gasteiger partial charge in [-0.1, -0.05) is 29.7 Å². The molecule has 0 amide bonds. The summed E-state index contributed by atoms with van der Waals surface area (Å²) in [5.41, 5.74) is 1.17. The van der Waals surface area contributed by atoms with Crippen molar-refractivity contribution < 1.29 is 4.74 Å². The highest BCUT2D eigenvalue weighted by Crippen LogP contribution is 2.24. The molecule has 2 N–H and O–H groups in total. The van der Waals surface area contributed by atoms with Gasteiger partial charge >= 0.3 is 0 Å². The van der Waals surface area contributed by atoms with E-state index in [4.69, 9.17) is 27.8 Å². The van der Waals surface area contributed by atoms with Gasteiger partial charge in [0.25, 0.3) is 0 Å². The maximum atomic E-state index is 6.18. The molecule has 7 heteroatoms. The van der Waals surface area contributed by atoms with Crippen LogP contribution in [0.25, 0.3) is 0 Å². The molecule has 1 heterocycles. The minimum atomic E-state index is 0. The molecule has 0 radical (unpaired) electrons. The molecule has 1 aromatic carbocycles. The first kappa shape index (κ1) is 22.0. The van der Waals surface area contributed by atoms with Crippen LogP contribution in [0.2, 0.25) is 5.02 Å². The molecule has 0 aromatic heterocycles. The van der Waals surface area contributed by atoms with Crippen LogP contribution in [0.4, 0.5) is 0 Å². The zero-order chi connectivity index (χ0) is 17.2. The molecule has 2 rings (SSSR count). The highest BCUT2D eigenvalue weighted by molar-refractivity contribution is 14.0. The van der Waals surface area contributed by atoms with Gasteiger partial charge in [-0.25, -0.2) is 0 Å². The van der Waals surface area contributed by atoms with Crippen molar-refractivity contribution in [1.82, 2.24) is 15.5 Å². The molecule has 0 aliphatic carbocycles. The maximum absolute atomic E-state index is 6.18. The third kappa shape index (κ3) is 7.40. The Kier molecular flexibility index (Phi) is 10.9. The van der Waals surface area contributed by atoms with E-state index in [2.05, 4.69) is 27.5 Å². The summed E-state index contributed by atoms with van der Waals surface area (Å²) in [4.78, 5) is 7.10. The predicted octanol–water partition coefficient (Wildman–Crippen LogP) is 2.52. The van der Waals surface area contributed by atoms with E-state index in [9.17, 15) is 0 Å². The highest BCUT2D eigenvalue weighted by atomic mass is 127. The fourth-order valence-corrected chi connectivity index (χ4v) is 2.89. The monoisotopic (exact) mass is 476 g/mol. The third-order valence-electron chi connectivity index (χ3n) is 3.84. The zero-order valence-electron chi connectivity index (χ0n) is 14.5. The SMILES string of the molecule is C#CCNC(=NCC(c1cccc(Cl)c1)N1CCOCC1)NCC.I. The summed E-state index contributed by atoms with van der Waals surface area (Å²) in [6.07, 6.45) is 5.32. The summed E-state index contributed by atoms with van der Waals surface area (Å²) in [6.45, 7) is 7.17. The molecular formula is C18H26ClIN4O. The number of hydrogen-bond acceptors (Lipinski definition) is 3. The predicted molar refractivity (Wildman–Crippen MR) is 115 cm³/mol. The Morgan fingerprint density at radius 2 is 2.16 bits per heavy atom. The van der Waals surface area contributed by atoms with Gasteiger partial charge in [0.05, 0.1) is 32.3 Å². The van der Waals surface area contributed by atoms with Crippen molar-refractivity contribution >= 4 is 41.5 Å². The van der Waals surface area contributed by atoms with Crippen molar-refractivity contribution in [3.63, 3.8) is 0 Å². The zero-order valence-corrected chi connectivity index (χ0v) is 17.6. The van der Waals surface area contributed by atoms with Crippen molar-refractivity contribution in [2.24, 2.45) is 4.99 Å². The number of nitrogens with one attached hydrogen (secondary N) is 2. The first-order valence-electron chi connectivity index (χ1n) is 8.27. The first-order valence-corrected chi connectivity index (χ1v) is 8.65. The van der Waals surface area contributed by atoms with Gasteiger partial charge < -0.3 is 15.4 Å². The van der Waals surface area contributed by atoms with Crippen LogP contribution in [0.3, 0.4) is 0 Å². The summed E-state index contributed by atoms with van der Waals surface area (Å²) in [5, 5.41) is 7.08. The third-order valence-corrected chi connectivity index (χ3v) is 4.08. The van der Waals surface area contributed by atoms with Gasteiger partial charge in [0.15, 0.2) is 5.96 Å². The second kappa shape index (κ2) is 12.4. The Hall–Kier alpha value is -1.01. The van der Waals surface area contributed by atoms with E-state index in [1.807, 2.05) is 25.1 Å². The summed E-state index contributed by atoms with van der Waals surface area (Å²) in [7, 11) is 0. The number of ether oxygens (including phenoxy) is 1. The quantitative estimate of drug-likeness (QED) is 0.287. The van der Waals surface area contributed by atoms with Crippen LogP contribution >= 0.6 is 35.6 Å². The Bertz CT molecular complexity index is 585. The lowest BCUT2D eigenvalue weighted by molar-refractivity contribution is 0.0180. The molecule has 5 nitrogen and oxygen atoms in total. The Morgan fingerprint density at radius 3 is 2.80 bits per heavy atom. The number of aliphatic imine (C=N–C) groups is 1. The normalized spacial score (nSPS) is 16.4. The number of nitrogens with zero attached hydrogens (tertiary/aromatic N) is 2. The van der Waals surface area contributed by atoms with E-state index in [1.165, 1.54) is 5.56 Å². The minimum Gasteiger partial charge on any atom is -0.379 e. The summed E-state index contributed by atoms with van der Waals surface area (Å²) in [6, 6.07) is 8.15. The number of guanidine groups is 1. The first-order chi connectivity index (χ1) is 11.7. The largest absolute Gasteiger partial charge is 0.379 e. The highest BCUT2D eigenvalue weighted by Gasteiger charge is 2.22. The number of terminal acetylenes is 1. The lowest BCUT2D eigenvalue weighted by atomic mass is 10.0. The van der Waals surface area contributed by atoms with Gasteiger partial charge in [0.2, 0.25) is 0 Å². The van der Waals surface area contributed by atoms with Crippen LogP contribution in [0.15, 0.2) is 29.3 Å². The lowest BCUT2D eigenvalue weighted by Crippen LogP contribution is -2.41. The standard InChI is InChI=1S/C18H25ClN4O.HI/c1-3-8-21-18(20-4-2)22-14-17(23-9-11-24-12-10-23)15-6-5-7-16(19)13-15;/h1,5-7,13,17H,4,8-12,14H2,2H3,(H2,20,21,22);1H. The van der Waals surface area contributed by atoms with Gasteiger partial charge in [-0.15, -0.1) is 30.4 Å². The smallest absolute Gasteiger partial charge is 0.192 e. The van der Waals surface area contributed by atoms with Crippen LogP contribution in [-0.2, 0) is 4.74 Å². The molecule has 0 bridgehead atoms. The second-order valence-electron chi connectivity index (χ2n) is 5.50. The van der Waals surface area contributed by atoms with Gasteiger partial charge in [-0.2, -0.15) is 0 Å². The van der Waals surface area contributed by atoms with Gasteiger partial charge in [-0.05, 0) is 24.6 Å². The number of hydrogen-bond donors (Lipinski definition) is 2. The molecular weight excluding hydrogens is 451 g/mol. The average Bonchev–Trinajstić information content (AvgIpc) is 2.61. The molecule has 138 valence electrons. The van der Waals surface area contributed by atoms with Gasteiger partial charge in [0.1, 0.15) is 0 Å². The van der Waals surface area contributed by atoms with Crippen LogP contribution in [0.5, 0.6) is 0 Å². The Balaban J connectivity index is 0.00000312. The topological polar surface area (TPSA) is 48.9 Å². The van der Waals surface area contributed by atoms with Gasteiger partial charge in [-0.3, -0.25) is 9.89 Å². The van der Waals surface area contributed by atoms with Crippen LogP contribution in [0, 0.1) is 12.3 Å². The van der Waals surface area contributed by atoms with Crippen molar-refractivity contribution in [3.05, 3.63) is 34.9 Å². The minimum absolute atomic E-state index is 0. The Labute approximate surface area is 172 Å². The van der Waals surface area contributed by atoms with E-state index in [0.717, 1.165) is 43.8 Å². The molecule has 0 saturated carbocycles. The molecule has 0 spiro atoms. The van der Waals surface area contributed by atoms with Crippen LogP contribution < -0.4 is 10.6 Å². The van der Waals surface area contributed by atoms with Crippen LogP contribution in [-0.4, -0.2) is 56.8 Å². The molecule has 1 fully saturated rings. The van der Waals surface area contributed by atoms with Gasteiger partial charge in [0, 0.05) is 24.7 Å². The van der Waals surface area contributed by atoms with E-state index >= 15 is 0 Å². The molecule has 1 aliphatic heterocycles. The Morgan fingerprint density at radius 1 is 1.40 bits per heavy atom. The number of benzene rings is 1. The maximum Gasteiger partial charge on any atom is 0.192 e. The van der Waals surface area contributed by atoms with Crippen molar-refractivity contribution in [1.29, 1.82) is 0 Å². The van der Waals surface area contributed by atoms with E-state index in [0.29, 0.717) is 13.1 Å². The fourth-order valence-electron chi connectivity index (χ4n) is 2.69. The van der Waals surface area contributed by atoms with Crippen molar-refractivity contribution in [3.8, 4) is 12.3 Å². The summed E-state index contributed by atoms with van der Waals surface area (Å²) in [5.74, 6) is 3.30. The molecule has 1 unspecified atom stereocenters. The molecule has 1 saturated heterocycles. The lowest BCUT2D eigenvalue weighted by Gasteiger charge is -2.34. The average molecular weight is 477 g/mol. The molecule has 25 heavy (non-hydrogen) atoms. The molecule has 1 aromatic rings. The van der Waals surface area contributed by atoms with E-state index in [1.54, 1.807) is 0 Å². The second-order valence-corrected chi connectivity index (χ2v) is 5.93. The molecule has 1 atom stereocenters. The van der Waals surface area contributed by atoms with E-state index < -0.39 is 0 Å². The number of rotatable bonds is 6. The van der Waals surface area contributed by atoms with E-state index in [-0.39, 0.29) is 30.0 Å². The van der Waals surface area contributed by atoms with Crippen LogP contribution in [0.1, 0.15) is 18.5 Å². The summed E-state index contributed by atoms with van der Waals surface area (Å²) < 4.78 is 5.48. The summed E-state index contributed by atoms with van der Waals surface area (Å²) >= 11 is 6.18. The molecule has 1 aliphatic rings.